The van der Waals surface area contributed by atoms with E-state index in [-0.39, 0.29) is 12.2 Å². The van der Waals surface area contributed by atoms with E-state index in [1.54, 1.807) is 25.4 Å². The highest BCUT2D eigenvalue weighted by Crippen LogP contribution is 2.19. The molecule has 4 rings (SSSR count). The number of aliphatic carboxylic acids is 2. The number of carbonyl (C=O) groups is 3. The van der Waals surface area contributed by atoms with Gasteiger partial charge in [-0.25, -0.2) is 23.9 Å². The molecular formula is C24H23F3N8O5. The maximum atomic E-state index is 12.8. The van der Waals surface area contributed by atoms with Gasteiger partial charge < -0.3 is 21.3 Å². The molecule has 0 aliphatic carbocycles. The molecule has 0 aliphatic heterocycles. The Kier molecular flexibility index (Phi) is 8.82. The molecule has 1 amide bonds. The molecule has 0 saturated carbocycles. The zero-order valence-electron chi connectivity index (χ0n) is 21.0. The molecule has 0 radical (unpaired) electrons. The Balaban J connectivity index is 0.000000559. The van der Waals surface area contributed by atoms with Crippen LogP contribution in [0.25, 0.3) is 17.1 Å². The number of carboxylic acids is 2. The normalized spacial score (nSPS) is 11.7. The van der Waals surface area contributed by atoms with Crippen molar-refractivity contribution >= 4 is 23.5 Å². The molecule has 0 aliphatic rings. The van der Waals surface area contributed by atoms with E-state index in [9.17, 15) is 27.9 Å². The molecule has 210 valence electrons. The van der Waals surface area contributed by atoms with Crippen LogP contribution in [-0.4, -0.2) is 70.0 Å². The Hall–Kier alpha value is -5.28. The molecule has 1 atom stereocenters. The van der Waals surface area contributed by atoms with Crippen LogP contribution in [0.3, 0.4) is 0 Å². The molecule has 2 aromatic heterocycles. The van der Waals surface area contributed by atoms with E-state index in [1.807, 2.05) is 43.3 Å². The van der Waals surface area contributed by atoms with Crippen molar-refractivity contribution in [3.63, 3.8) is 0 Å². The Bertz CT molecular complexity index is 1520. The molecule has 13 nitrogen and oxygen atoms in total. The van der Waals surface area contributed by atoms with Crippen molar-refractivity contribution in [1.82, 2.24) is 35.1 Å². The molecule has 1 unspecified atom stereocenters. The fourth-order valence-corrected chi connectivity index (χ4v) is 3.32. The molecular weight excluding hydrogens is 537 g/mol. The summed E-state index contributed by atoms with van der Waals surface area (Å²) in [7, 11) is 1.57. The third-order valence-electron chi connectivity index (χ3n) is 5.39. The molecule has 0 saturated heterocycles. The van der Waals surface area contributed by atoms with Gasteiger partial charge in [0.1, 0.15) is 6.04 Å². The van der Waals surface area contributed by atoms with E-state index in [4.69, 9.17) is 15.6 Å². The first kappa shape index (κ1) is 29.3. The number of benzene rings is 2. The standard InChI is InChI=1S/C22H22N8O3.C2HF3O2/c1-13-16(23)9-6-10-18(13)30-12-15(26-28-30)11-17(22(32)33)24-21(31)20-25-19(27-29(20)2)14-7-4-3-5-8-14;3-2(4,5)1(6)7/h3-10,12,17H,11,23H2,1-2H3,(H,24,31)(H,32,33);(H,6,7). The second kappa shape index (κ2) is 12.1. The van der Waals surface area contributed by atoms with Crippen LogP contribution in [0.2, 0.25) is 0 Å². The van der Waals surface area contributed by atoms with Gasteiger partial charge in [-0.05, 0) is 24.6 Å². The minimum Gasteiger partial charge on any atom is -0.480 e. The van der Waals surface area contributed by atoms with E-state index in [1.165, 1.54) is 9.36 Å². The predicted molar refractivity (Wildman–Crippen MR) is 133 cm³/mol. The second-order valence-corrected chi connectivity index (χ2v) is 8.27. The highest BCUT2D eigenvalue weighted by molar-refractivity contribution is 5.94. The molecule has 2 heterocycles. The molecule has 2 aromatic carbocycles. The van der Waals surface area contributed by atoms with Gasteiger partial charge in [-0.2, -0.15) is 18.3 Å². The van der Waals surface area contributed by atoms with Gasteiger partial charge in [0.25, 0.3) is 5.91 Å². The maximum absolute atomic E-state index is 12.8. The van der Waals surface area contributed by atoms with Crippen LogP contribution >= 0.6 is 0 Å². The van der Waals surface area contributed by atoms with Crippen molar-refractivity contribution in [1.29, 1.82) is 0 Å². The summed E-state index contributed by atoms with van der Waals surface area (Å²) >= 11 is 0. The fraction of sp³-hybridized carbons (Fsp3) is 0.208. The summed E-state index contributed by atoms with van der Waals surface area (Å²) in [5.74, 6) is -4.25. The molecule has 0 fully saturated rings. The fourth-order valence-electron chi connectivity index (χ4n) is 3.32. The van der Waals surface area contributed by atoms with Gasteiger partial charge in [0.2, 0.25) is 5.82 Å². The lowest BCUT2D eigenvalue weighted by atomic mass is 10.1. The first-order valence-electron chi connectivity index (χ1n) is 11.3. The Morgan fingerprint density at radius 3 is 2.33 bits per heavy atom. The summed E-state index contributed by atoms with van der Waals surface area (Å²) in [4.78, 5) is 37.8. The van der Waals surface area contributed by atoms with Crippen molar-refractivity contribution < 1.29 is 37.8 Å². The molecule has 0 spiro atoms. The van der Waals surface area contributed by atoms with Gasteiger partial charge >= 0.3 is 18.1 Å². The average molecular weight is 560 g/mol. The topological polar surface area (TPSA) is 191 Å². The number of carbonyl (C=O) groups excluding carboxylic acids is 1. The SMILES string of the molecule is Cc1c(N)cccc1-n1cc(CC(NC(=O)c2nc(-c3ccccc3)nn2C)C(=O)O)nn1.O=C(O)C(F)(F)F. The van der Waals surface area contributed by atoms with E-state index in [0.717, 1.165) is 16.8 Å². The minimum atomic E-state index is -5.08. The highest BCUT2D eigenvalue weighted by Gasteiger charge is 2.38. The lowest BCUT2D eigenvalue weighted by Crippen LogP contribution is -2.43. The number of aromatic nitrogens is 6. The lowest BCUT2D eigenvalue weighted by Gasteiger charge is -2.12. The number of nitrogen functional groups attached to an aromatic ring is 1. The first-order valence-corrected chi connectivity index (χ1v) is 11.3. The van der Waals surface area contributed by atoms with Crippen LogP contribution in [0.1, 0.15) is 21.9 Å². The highest BCUT2D eigenvalue weighted by atomic mass is 19.4. The number of nitrogens with zero attached hydrogens (tertiary/aromatic N) is 6. The number of aryl methyl sites for hydroxylation is 1. The largest absolute Gasteiger partial charge is 0.490 e. The Morgan fingerprint density at radius 2 is 1.73 bits per heavy atom. The molecule has 40 heavy (non-hydrogen) atoms. The summed E-state index contributed by atoms with van der Waals surface area (Å²) in [6.07, 6.45) is -3.54. The minimum absolute atomic E-state index is 0.000794. The first-order chi connectivity index (χ1) is 18.8. The van der Waals surface area contributed by atoms with Gasteiger partial charge in [0.15, 0.2) is 5.82 Å². The van der Waals surface area contributed by atoms with Crippen LogP contribution < -0.4 is 11.1 Å². The van der Waals surface area contributed by atoms with Gasteiger partial charge in [-0.15, -0.1) is 5.10 Å². The number of nitrogens with one attached hydrogen (secondary N) is 1. The third kappa shape index (κ3) is 7.18. The van der Waals surface area contributed by atoms with Gasteiger partial charge in [0.05, 0.1) is 17.6 Å². The number of carboxylic acid groups (broad SMARTS) is 2. The quantitative estimate of drug-likeness (QED) is 0.243. The van der Waals surface area contributed by atoms with Gasteiger partial charge in [-0.1, -0.05) is 41.6 Å². The van der Waals surface area contributed by atoms with Crippen LogP contribution in [0.4, 0.5) is 18.9 Å². The van der Waals surface area contributed by atoms with Crippen LogP contribution in [0, 0.1) is 6.92 Å². The monoisotopic (exact) mass is 560 g/mol. The maximum Gasteiger partial charge on any atom is 0.490 e. The van der Waals surface area contributed by atoms with E-state index >= 15 is 0 Å². The van der Waals surface area contributed by atoms with E-state index < -0.39 is 30.1 Å². The Morgan fingerprint density at radius 1 is 1.07 bits per heavy atom. The van der Waals surface area contributed by atoms with Crippen molar-refractivity contribution in [2.24, 2.45) is 7.05 Å². The van der Waals surface area contributed by atoms with Crippen LogP contribution in [0.15, 0.2) is 54.7 Å². The number of halogens is 3. The summed E-state index contributed by atoms with van der Waals surface area (Å²) in [5.41, 5.74) is 9.26. The molecule has 16 heteroatoms. The van der Waals surface area contributed by atoms with Crippen LogP contribution in [-0.2, 0) is 23.1 Å². The summed E-state index contributed by atoms with van der Waals surface area (Å²) in [6.45, 7) is 1.86. The number of anilines is 1. The number of hydrogen-bond donors (Lipinski definition) is 4. The van der Waals surface area contributed by atoms with E-state index in [2.05, 4.69) is 25.7 Å². The van der Waals surface area contributed by atoms with Crippen molar-refractivity contribution in [3.8, 4) is 17.1 Å². The molecule has 4 aromatic rings. The zero-order valence-corrected chi connectivity index (χ0v) is 21.0. The smallest absolute Gasteiger partial charge is 0.480 e. The summed E-state index contributed by atoms with van der Waals surface area (Å²) in [5, 5.41) is 31.7. The number of hydrogen-bond acceptors (Lipinski definition) is 8. The van der Waals surface area contributed by atoms with Crippen molar-refractivity contribution in [2.75, 3.05) is 5.73 Å². The predicted octanol–water partition coefficient (Wildman–Crippen LogP) is 2.01. The van der Waals surface area contributed by atoms with Crippen molar-refractivity contribution in [2.45, 2.75) is 25.6 Å². The summed E-state index contributed by atoms with van der Waals surface area (Å²) in [6, 6.07) is 13.4. The number of alkyl halides is 3. The second-order valence-electron chi connectivity index (χ2n) is 8.27. The van der Waals surface area contributed by atoms with Gasteiger partial charge in [-0.3, -0.25) is 4.79 Å². The molecule has 0 bridgehead atoms. The van der Waals surface area contributed by atoms with E-state index in [0.29, 0.717) is 17.2 Å². The zero-order chi connectivity index (χ0) is 29.6. The van der Waals surface area contributed by atoms with Crippen LogP contribution in [0.5, 0.6) is 0 Å². The Labute approximate surface area is 224 Å². The van der Waals surface area contributed by atoms with Gasteiger partial charge in [0, 0.05) is 24.7 Å². The third-order valence-corrected chi connectivity index (χ3v) is 5.39. The average Bonchev–Trinajstić information content (AvgIpc) is 3.52. The van der Waals surface area contributed by atoms with Crippen molar-refractivity contribution in [3.05, 3.63) is 71.8 Å². The number of nitrogens with two attached hydrogens (primary N) is 1. The summed E-state index contributed by atoms with van der Waals surface area (Å²) < 4.78 is 34.6. The number of amides is 1. The number of rotatable bonds is 7. The lowest BCUT2D eigenvalue weighted by molar-refractivity contribution is -0.192. The molecule has 5 N–H and O–H groups in total.